The average Bonchev–Trinajstić information content (AvgIpc) is 3.09. The van der Waals surface area contributed by atoms with Crippen LogP contribution in [0.15, 0.2) is 0 Å². The molecule has 1 heterocycles. The molecule has 5 heteroatoms. The van der Waals surface area contributed by atoms with Crippen molar-refractivity contribution >= 4 is 0 Å². The van der Waals surface area contributed by atoms with Crippen molar-refractivity contribution < 1.29 is 4.74 Å². The monoisotopic (exact) mass is 248 g/mol. The highest BCUT2D eigenvalue weighted by molar-refractivity contribution is 5.16. The van der Waals surface area contributed by atoms with E-state index in [0.29, 0.717) is 6.42 Å². The van der Waals surface area contributed by atoms with Crippen LogP contribution in [-0.4, -0.2) is 28.7 Å². The molecule has 0 N–H and O–H groups in total. The summed E-state index contributed by atoms with van der Waals surface area (Å²) in [7, 11) is 1.71. The summed E-state index contributed by atoms with van der Waals surface area (Å²) in [5.41, 5.74) is 2.01. The SMILES string of the molecule is COCCC(C)n1nnc(CC#N)c1CC1CC1. The largest absolute Gasteiger partial charge is 0.385 e. The van der Waals surface area contributed by atoms with Gasteiger partial charge in [0.15, 0.2) is 0 Å². The van der Waals surface area contributed by atoms with Crippen LogP contribution in [0, 0.1) is 17.2 Å². The third-order valence-electron chi connectivity index (χ3n) is 3.45. The van der Waals surface area contributed by atoms with Gasteiger partial charge in [-0.05, 0) is 38.5 Å². The number of hydrogen-bond acceptors (Lipinski definition) is 4. The first-order valence-electron chi connectivity index (χ1n) is 6.55. The van der Waals surface area contributed by atoms with E-state index in [-0.39, 0.29) is 6.04 Å². The molecule has 0 aromatic carbocycles. The molecule has 1 aromatic rings. The molecule has 0 saturated heterocycles. The molecule has 0 bridgehead atoms. The first-order valence-corrected chi connectivity index (χ1v) is 6.55. The minimum atomic E-state index is 0.277. The molecular formula is C13H20N4O. The molecule has 2 rings (SSSR count). The van der Waals surface area contributed by atoms with E-state index < -0.39 is 0 Å². The molecular weight excluding hydrogens is 228 g/mol. The highest BCUT2D eigenvalue weighted by atomic mass is 16.5. The molecule has 0 aliphatic heterocycles. The molecule has 18 heavy (non-hydrogen) atoms. The molecule has 1 aromatic heterocycles. The van der Waals surface area contributed by atoms with Crippen LogP contribution in [0.5, 0.6) is 0 Å². The first-order chi connectivity index (χ1) is 8.76. The molecule has 1 aliphatic rings. The number of nitrogens with zero attached hydrogens (tertiary/aromatic N) is 4. The molecule has 0 radical (unpaired) electrons. The molecule has 1 aliphatic carbocycles. The zero-order valence-corrected chi connectivity index (χ0v) is 11.1. The zero-order valence-electron chi connectivity index (χ0n) is 11.1. The van der Waals surface area contributed by atoms with Gasteiger partial charge in [-0.3, -0.25) is 0 Å². The number of nitriles is 1. The number of ether oxygens (including phenoxy) is 1. The lowest BCUT2D eigenvalue weighted by atomic mass is 10.1. The highest BCUT2D eigenvalue weighted by Crippen LogP contribution is 2.34. The summed E-state index contributed by atoms with van der Waals surface area (Å²) >= 11 is 0. The van der Waals surface area contributed by atoms with E-state index in [1.165, 1.54) is 12.8 Å². The van der Waals surface area contributed by atoms with Gasteiger partial charge in [-0.2, -0.15) is 5.26 Å². The second kappa shape index (κ2) is 5.96. The standard InChI is InChI=1S/C13H20N4O/c1-10(6-8-18-2)17-13(9-11-3-4-11)12(5-7-14)15-16-17/h10-11H,3-6,8-9H2,1-2H3. The number of rotatable bonds is 7. The van der Waals surface area contributed by atoms with Crippen LogP contribution in [0.4, 0.5) is 0 Å². The Morgan fingerprint density at radius 3 is 2.94 bits per heavy atom. The van der Waals surface area contributed by atoms with Crippen molar-refractivity contribution in [2.24, 2.45) is 5.92 Å². The maximum atomic E-state index is 8.84. The van der Waals surface area contributed by atoms with Gasteiger partial charge < -0.3 is 4.74 Å². The van der Waals surface area contributed by atoms with Crippen LogP contribution in [0.25, 0.3) is 0 Å². The Kier molecular flexibility index (Phi) is 4.32. The molecule has 98 valence electrons. The van der Waals surface area contributed by atoms with Gasteiger partial charge in [0.25, 0.3) is 0 Å². The fourth-order valence-corrected chi connectivity index (χ4v) is 2.13. The maximum absolute atomic E-state index is 8.84. The van der Waals surface area contributed by atoms with Crippen LogP contribution in [0.2, 0.25) is 0 Å². The van der Waals surface area contributed by atoms with Crippen molar-refractivity contribution in [2.75, 3.05) is 13.7 Å². The van der Waals surface area contributed by atoms with E-state index in [2.05, 4.69) is 23.3 Å². The van der Waals surface area contributed by atoms with Gasteiger partial charge in [0, 0.05) is 13.7 Å². The molecule has 5 nitrogen and oxygen atoms in total. The topological polar surface area (TPSA) is 63.7 Å². The fraction of sp³-hybridized carbons (Fsp3) is 0.769. The summed E-state index contributed by atoms with van der Waals surface area (Å²) in [6.45, 7) is 2.84. The van der Waals surface area contributed by atoms with Crippen molar-refractivity contribution in [2.45, 2.75) is 45.1 Å². The summed E-state index contributed by atoms with van der Waals surface area (Å²) in [6, 6.07) is 2.45. The van der Waals surface area contributed by atoms with Crippen molar-refractivity contribution in [1.29, 1.82) is 5.26 Å². The van der Waals surface area contributed by atoms with Crippen LogP contribution < -0.4 is 0 Å². The van der Waals surface area contributed by atoms with Crippen LogP contribution >= 0.6 is 0 Å². The van der Waals surface area contributed by atoms with E-state index in [0.717, 1.165) is 36.8 Å². The lowest BCUT2D eigenvalue weighted by molar-refractivity contribution is 0.177. The van der Waals surface area contributed by atoms with Gasteiger partial charge in [-0.15, -0.1) is 5.10 Å². The molecule has 0 spiro atoms. The Balaban J connectivity index is 2.14. The van der Waals surface area contributed by atoms with E-state index in [9.17, 15) is 0 Å². The lowest BCUT2D eigenvalue weighted by Gasteiger charge is -2.14. The Hall–Kier alpha value is -1.41. The smallest absolute Gasteiger partial charge is 0.0999 e. The Morgan fingerprint density at radius 2 is 2.33 bits per heavy atom. The van der Waals surface area contributed by atoms with Crippen molar-refractivity contribution in [3.05, 3.63) is 11.4 Å². The first kappa shape index (κ1) is 13.0. The van der Waals surface area contributed by atoms with Crippen molar-refractivity contribution in [1.82, 2.24) is 15.0 Å². The van der Waals surface area contributed by atoms with Gasteiger partial charge in [0.2, 0.25) is 0 Å². The van der Waals surface area contributed by atoms with Gasteiger partial charge in [-0.1, -0.05) is 5.21 Å². The van der Waals surface area contributed by atoms with Gasteiger partial charge in [0.1, 0.15) is 0 Å². The molecule has 1 saturated carbocycles. The second-order valence-electron chi connectivity index (χ2n) is 5.04. The van der Waals surface area contributed by atoms with Crippen molar-refractivity contribution in [3.63, 3.8) is 0 Å². The average molecular weight is 248 g/mol. The van der Waals surface area contributed by atoms with Gasteiger partial charge >= 0.3 is 0 Å². The van der Waals surface area contributed by atoms with E-state index in [4.69, 9.17) is 10.00 Å². The van der Waals surface area contributed by atoms with E-state index in [1.54, 1.807) is 7.11 Å². The van der Waals surface area contributed by atoms with E-state index in [1.807, 2.05) is 4.68 Å². The minimum Gasteiger partial charge on any atom is -0.385 e. The number of aromatic nitrogens is 3. The van der Waals surface area contributed by atoms with Crippen LogP contribution in [-0.2, 0) is 17.6 Å². The van der Waals surface area contributed by atoms with Crippen LogP contribution in [0.1, 0.15) is 43.6 Å². The highest BCUT2D eigenvalue weighted by Gasteiger charge is 2.26. The summed E-state index contributed by atoms with van der Waals surface area (Å²) in [5.74, 6) is 0.773. The summed E-state index contributed by atoms with van der Waals surface area (Å²) in [5, 5.41) is 17.2. The molecule has 1 atom stereocenters. The minimum absolute atomic E-state index is 0.277. The maximum Gasteiger partial charge on any atom is 0.0999 e. The quantitative estimate of drug-likeness (QED) is 0.739. The Morgan fingerprint density at radius 1 is 1.56 bits per heavy atom. The predicted octanol–water partition coefficient (Wildman–Crippen LogP) is 1.89. The summed E-state index contributed by atoms with van der Waals surface area (Å²) in [6.07, 6.45) is 4.89. The van der Waals surface area contributed by atoms with Crippen LogP contribution in [0.3, 0.4) is 0 Å². The van der Waals surface area contributed by atoms with Gasteiger partial charge in [-0.25, -0.2) is 4.68 Å². The molecule has 1 fully saturated rings. The van der Waals surface area contributed by atoms with Gasteiger partial charge in [0.05, 0.1) is 29.9 Å². The number of methoxy groups -OCH3 is 1. The Labute approximate surface area is 108 Å². The molecule has 0 amide bonds. The Bertz CT molecular complexity index is 431. The lowest BCUT2D eigenvalue weighted by Crippen LogP contribution is -2.14. The third-order valence-corrected chi connectivity index (χ3v) is 3.45. The zero-order chi connectivity index (χ0) is 13.0. The summed E-state index contributed by atoms with van der Waals surface area (Å²) < 4.78 is 7.10. The number of hydrogen-bond donors (Lipinski definition) is 0. The molecule has 1 unspecified atom stereocenters. The second-order valence-corrected chi connectivity index (χ2v) is 5.04. The fourth-order valence-electron chi connectivity index (χ4n) is 2.13. The van der Waals surface area contributed by atoms with E-state index >= 15 is 0 Å². The predicted molar refractivity (Wildman–Crippen MR) is 67.0 cm³/mol. The summed E-state index contributed by atoms with van der Waals surface area (Å²) in [4.78, 5) is 0. The normalized spacial score (nSPS) is 16.5. The third kappa shape index (κ3) is 3.08. The van der Waals surface area contributed by atoms with Crippen molar-refractivity contribution in [3.8, 4) is 6.07 Å².